The molecule has 124 valence electrons. The minimum absolute atomic E-state index is 0.524. The molecule has 0 bridgehead atoms. The number of methoxy groups -OCH3 is 1. The number of carbonyl (C=O) groups is 1. The molecule has 0 radical (unpaired) electrons. The van der Waals surface area contributed by atoms with Gasteiger partial charge in [-0.2, -0.15) is 0 Å². The predicted molar refractivity (Wildman–Crippen MR) is 101 cm³/mol. The highest BCUT2D eigenvalue weighted by Gasteiger charge is 2.18. The summed E-state index contributed by atoms with van der Waals surface area (Å²) in [5, 5.41) is 2.64. The van der Waals surface area contributed by atoms with Crippen LogP contribution in [0.2, 0.25) is 5.02 Å². The standard InChI is InChI=1S/C19H13ClN2O2S/c1-24-15-4-2-3-13(9-15)17-11-25-19-21-18(16(10-23)22(17)19)12-5-7-14(20)8-6-12/h2-11H,1H3. The third-order valence-corrected chi connectivity index (χ3v) is 5.07. The number of thiazole rings is 1. The summed E-state index contributed by atoms with van der Waals surface area (Å²) >= 11 is 7.46. The number of fused-ring (bicyclic) bond motifs is 1. The Morgan fingerprint density at radius 2 is 1.96 bits per heavy atom. The lowest BCUT2D eigenvalue weighted by Gasteiger charge is -2.05. The van der Waals surface area contributed by atoms with Crippen LogP contribution in [0.3, 0.4) is 0 Å². The Bertz CT molecular complexity index is 1070. The molecular formula is C19H13ClN2O2S. The maximum Gasteiger partial charge on any atom is 0.195 e. The Hall–Kier alpha value is -2.63. The summed E-state index contributed by atoms with van der Waals surface area (Å²) in [6.07, 6.45) is 0.848. The third kappa shape index (κ3) is 2.71. The van der Waals surface area contributed by atoms with E-state index in [2.05, 4.69) is 4.98 Å². The number of ether oxygens (including phenoxy) is 1. The van der Waals surface area contributed by atoms with E-state index < -0.39 is 0 Å². The molecule has 2 aromatic carbocycles. The summed E-state index contributed by atoms with van der Waals surface area (Å²) < 4.78 is 7.19. The van der Waals surface area contributed by atoms with Gasteiger partial charge < -0.3 is 4.74 Å². The van der Waals surface area contributed by atoms with E-state index in [-0.39, 0.29) is 0 Å². The second kappa shape index (κ2) is 6.35. The van der Waals surface area contributed by atoms with E-state index in [1.165, 1.54) is 11.3 Å². The minimum Gasteiger partial charge on any atom is -0.497 e. The smallest absolute Gasteiger partial charge is 0.195 e. The van der Waals surface area contributed by atoms with E-state index in [4.69, 9.17) is 16.3 Å². The van der Waals surface area contributed by atoms with Crippen LogP contribution in [-0.2, 0) is 0 Å². The molecule has 4 rings (SSSR count). The molecule has 6 heteroatoms. The van der Waals surface area contributed by atoms with Crippen LogP contribution in [0.1, 0.15) is 10.5 Å². The maximum atomic E-state index is 11.8. The van der Waals surface area contributed by atoms with Gasteiger partial charge in [-0.05, 0) is 24.3 Å². The fraction of sp³-hybridized carbons (Fsp3) is 0.0526. The van der Waals surface area contributed by atoms with Gasteiger partial charge in [0, 0.05) is 21.5 Å². The quantitative estimate of drug-likeness (QED) is 0.465. The van der Waals surface area contributed by atoms with Crippen LogP contribution in [0, 0.1) is 0 Å². The number of nitrogens with zero attached hydrogens (tertiary/aromatic N) is 2. The van der Waals surface area contributed by atoms with Crippen LogP contribution in [-0.4, -0.2) is 22.8 Å². The van der Waals surface area contributed by atoms with Crippen molar-refractivity contribution in [1.29, 1.82) is 0 Å². The van der Waals surface area contributed by atoms with Gasteiger partial charge in [0.1, 0.15) is 17.1 Å². The zero-order valence-corrected chi connectivity index (χ0v) is 14.8. The van der Waals surface area contributed by atoms with E-state index in [0.29, 0.717) is 16.4 Å². The van der Waals surface area contributed by atoms with Crippen LogP contribution in [0.15, 0.2) is 53.9 Å². The highest BCUT2D eigenvalue weighted by molar-refractivity contribution is 7.15. The second-order valence-electron chi connectivity index (χ2n) is 5.44. The fourth-order valence-electron chi connectivity index (χ4n) is 2.79. The van der Waals surface area contributed by atoms with Crippen molar-refractivity contribution in [3.8, 4) is 28.3 Å². The number of aldehydes is 1. The average Bonchev–Trinajstić information content (AvgIpc) is 3.21. The van der Waals surface area contributed by atoms with Crippen molar-refractivity contribution in [2.75, 3.05) is 7.11 Å². The summed E-state index contributed by atoms with van der Waals surface area (Å²) in [6, 6.07) is 15.1. The molecule has 2 heterocycles. The van der Waals surface area contributed by atoms with Crippen LogP contribution in [0.5, 0.6) is 5.75 Å². The molecule has 0 unspecified atom stereocenters. The number of rotatable bonds is 4. The largest absolute Gasteiger partial charge is 0.497 e. The van der Waals surface area contributed by atoms with Gasteiger partial charge in [0.15, 0.2) is 11.2 Å². The van der Waals surface area contributed by atoms with Crippen molar-refractivity contribution in [2.45, 2.75) is 0 Å². The molecule has 0 aliphatic carbocycles. The van der Waals surface area contributed by atoms with E-state index in [0.717, 1.165) is 33.8 Å². The average molecular weight is 369 g/mol. The van der Waals surface area contributed by atoms with Crippen LogP contribution in [0.25, 0.3) is 27.5 Å². The molecule has 25 heavy (non-hydrogen) atoms. The first kappa shape index (κ1) is 15.9. The highest BCUT2D eigenvalue weighted by Crippen LogP contribution is 2.33. The van der Waals surface area contributed by atoms with Gasteiger partial charge in [0.25, 0.3) is 0 Å². The molecule has 0 atom stereocenters. The van der Waals surface area contributed by atoms with Crippen LogP contribution >= 0.6 is 22.9 Å². The molecule has 0 aliphatic heterocycles. The van der Waals surface area contributed by atoms with E-state index in [9.17, 15) is 4.79 Å². The Kier molecular flexibility index (Phi) is 4.03. The molecule has 2 aromatic heterocycles. The van der Waals surface area contributed by atoms with Gasteiger partial charge in [-0.3, -0.25) is 9.20 Å². The topological polar surface area (TPSA) is 43.6 Å². The number of aromatic nitrogens is 2. The summed E-state index contributed by atoms with van der Waals surface area (Å²) in [4.78, 5) is 17.3. The summed E-state index contributed by atoms with van der Waals surface area (Å²) in [5.41, 5.74) is 3.92. The summed E-state index contributed by atoms with van der Waals surface area (Å²) in [6.45, 7) is 0. The Morgan fingerprint density at radius 1 is 1.16 bits per heavy atom. The summed E-state index contributed by atoms with van der Waals surface area (Å²) in [5.74, 6) is 0.766. The maximum absolute atomic E-state index is 11.8. The lowest BCUT2D eigenvalue weighted by Crippen LogP contribution is -1.94. The lowest BCUT2D eigenvalue weighted by atomic mass is 10.1. The van der Waals surface area contributed by atoms with Gasteiger partial charge in [0.2, 0.25) is 0 Å². The number of carbonyl (C=O) groups excluding carboxylic acids is 1. The number of hydrogen-bond donors (Lipinski definition) is 0. The van der Waals surface area contributed by atoms with Crippen molar-refractivity contribution in [1.82, 2.24) is 9.38 Å². The van der Waals surface area contributed by atoms with E-state index in [1.54, 1.807) is 19.2 Å². The molecular weight excluding hydrogens is 356 g/mol. The molecule has 4 aromatic rings. The first-order chi connectivity index (χ1) is 12.2. The monoisotopic (exact) mass is 368 g/mol. The molecule has 4 nitrogen and oxygen atoms in total. The molecule has 0 fully saturated rings. The number of benzene rings is 2. The van der Waals surface area contributed by atoms with Crippen molar-refractivity contribution < 1.29 is 9.53 Å². The second-order valence-corrected chi connectivity index (χ2v) is 6.71. The molecule has 0 spiro atoms. The van der Waals surface area contributed by atoms with Crippen molar-refractivity contribution >= 4 is 34.2 Å². The number of halogens is 1. The van der Waals surface area contributed by atoms with Gasteiger partial charge in [0.05, 0.1) is 12.8 Å². The number of hydrogen-bond acceptors (Lipinski definition) is 4. The highest BCUT2D eigenvalue weighted by atomic mass is 35.5. The van der Waals surface area contributed by atoms with Gasteiger partial charge in [-0.25, -0.2) is 4.98 Å². The van der Waals surface area contributed by atoms with E-state index in [1.807, 2.05) is 46.2 Å². The van der Waals surface area contributed by atoms with Crippen molar-refractivity contribution in [3.63, 3.8) is 0 Å². The zero-order valence-electron chi connectivity index (χ0n) is 13.3. The zero-order chi connectivity index (χ0) is 17.4. The van der Waals surface area contributed by atoms with Crippen molar-refractivity contribution in [2.24, 2.45) is 0 Å². The van der Waals surface area contributed by atoms with Crippen molar-refractivity contribution in [3.05, 3.63) is 64.6 Å². The Morgan fingerprint density at radius 3 is 2.68 bits per heavy atom. The first-order valence-corrected chi connectivity index (χ1v) is 8.82. The third-order valence-electron chi connectivity index (χ3n) is 3.99. The Balaban J connectivity index is 1.93. The molecule has 0 aliphatic rings. The molecule has 0 N–H and O–H groups in total. The summed E-state index contributed by atoms with van der Waals surface area (Å²) in [7, 11) is 1.63. The number of imidazole rings is 1. The van der Waals surface area contributed by atoms with Gasteiger partial charge >= 0.3 is 0 Å². The van der Waals surface area contributed by atoms with Crippen LogP contribution in [0.4, 0.5) is 0 Å². The predicted octanol–water partition coefficient (Wildman–Crippen LogP) is 5.20. The molecule has 0 amide bonds. The van der Waals surface area contributed by atoms with E-state index >= 15 is 0 Å². The fourth-order valence-corrected chi connectivity index (χ4v) is 3.82. The first-order valence-electron chi connectivity index (χ1n) is 7.57. The Labute approximate surface area is 153 Å². The minimum atomic E-state index is 0.524. The van der Waals surface area contributed by atoms with Crippen LogP contribution < -0.4 is 4.74 Å². The molecule has 0 saturated heterocycles. The SMILES string of the molecule is COc1cccc(-c2csc3nc(-c4ccc(Cl)cc4)c(C=O)n23)c1. The molecule has 0 saturated carbocycles. The van der Waals surface area contributed by atoms with Gasteiger partial charge in [-0.15, -0.1) is 11.3 Å². The normalized spacial score (nSPS) is 11.0. The van der Waals surface area contributed by atoms with Gasteiger partial charge in [-0.1, -0.05) is 35.9 Å². The lowest BCUT2D eigenvalue weighted by molar-refractivity contribution is 0.111.